The summed E-state index contributed by atoms with van der Waals surface area (Å²) < 4.78 is 29.1. The molecule has 5 rings (SSSR count). The lowest BCUT2D eigenvalue weighted by Gasteiger charge is -2.29. The number of nitrogens with zero attached hydrogens (tertiary/aromatic N) is 1. The molecule has 1 saturated heterocycles. The summed E-state index contributed by atoms with van der Waals surface area (Å²) in [6.07, 6.45) is 2.02. The van der Waals surface area contributed by atoms with Crippen LogP contribution in [0.1, 0.15) is 11.1 Å². The van der Waals surface area contributed by atoms with Gasteiger partial charge in [-0.1, -0.05) is 35.9 Å². The van der Waals surface area contributed by atoms with Gasteiger partial charge in [-0.15, -0.1) is 0 Å². The molecule has 0 unspecified atom stereocenters. The van der Waals surface area contributed by atoms with Gasteiger partial charge in [-0.25, -0.2) is 8.42 Å². The minimum atomic E-state index is -3.92. The van der Waals surface area contributed by atoms with Gasteiger partial charge >= 0.3 is 0 Å². The third kappa shape index (κ3) is 5.85. The molecule has 0 saturated carbocycles. The van der Waals surface area contributed by atoms with Crippen molar-refractivity contribution in [1.29, 1.82) is 0 Å². The first kappa shape index (κ1) is 25.0. The fraction of sp³-hybridized carbons (Fsp3) is 0.250. The number of sulfonamides is 1. The zero-order valence-electron chi connectivity index (χ0n) is 20.7. The lowest BCUT2D eigenvalue weighted by molar-refractivity contribution is -0.117. The Morgan fingerprint density at radius 2 is 1.68 bits per heavy atom. The fourth-order valence-electron chi connectivity index (χ4n) is 4.59. The van der Waals surface area contributed by atoms with Crippen molar-refractivity contribution in [3.63, 3.8) is 0 Å². The van der Waals surface area contributed by atoms with Gasteiger partial charge in [0.1, 0.15) is 6.04 Å². The Kier molecular flexibility index (Phi) is 7.27. The van der Waals surface area contributed by atoms with Crippen molar-refractivity contribution in [2.75, 3.05) is 36.4 Å². The Labute approximate surface area is 217 Å². The van der Waals surface area contributed by atoms with Crippen LogP contribution >= 0.6 is 0 Å². The van der Waals surface area contributed by atoms with Gasteiger partial charge in [0.05, 0.1) is 4.90 Å². The molecule has 4 N–H and O–H groups in total. The molecule has 9 heteroatoms. The zero-order valence-corrected chi connectivity index (χ0v) is 21.5. The van der Waals surface area contributed by atoms with Crippen molar-refractivity contribution >= 4 is 38.2 Å². The Morgan fingerprint density at radius 1 is 0.973 bits per heavy atom. The average Bonchev–Trinajstić information content (AvgIpc) is 3.32. The van der Waals surface area contributed by atoms with Crippen LogP contribution in [0.4, 0.5) is 11.4 Å². The molecule has 8 nitrogen and oxygen atoms in total. The second-order valence-electron chi connectivity index (χ2n) is 9.32. The molecule has 1 aliphatic heterocycles. The number of carbonyl (C=O) groups excluding carboxylic acids is 1. The molecular formula is C28H31N5O3S. The van der Waals surface area contributed by atoms with E-state index in [1.54, 1.807) is 24.3 Å². The van der Waals surface area contributed by atoms with E-state index in [2.05, 4.69) is 25.2 Å². The minimum absolute atomic E-state index is 0.121. The minimum Gasteiger partial charge on any atom is -0.369 e. The average molecular weight is 518 g/mol. The molecule has 0 bridgehead atoms. The standard InChI is InChI=1S/C28H31N5O3S/c1-20-6-12-24(13-7-20)37(35,36)32-27(18-21-19-30-26-5-3-2-4-25(21)26)28(34)31-22-8-10-23(11-9-22)33-16-14-29-15-17-33/h2-13,19,27,29-30,32H,14-18H2,1H3,(H,31,34)/t27-/m0/s1. The summed E-state index contributed by atoms with van der Waals surface area (Å²) >= 11 is 0. The molecule has 1 amide bonds. The van der Waals surface area contributed by atoms with Gasteiger partial charge in [-0.05, 0) is 61.4 Å². The van der Waals surface area contributed by atoms with Crippen LogP contribution < -0.4 is 20.3 Å². The number of hydrogen-bond donors (Lipinski definition) is 4. The summed E-state index contributed by atoms with van der Waals surface area (Å²) in [5.41, 5.74) is 4.45. The maximum Gasteiger partial charge on any atom is 0.242 e. The Bertz CT molecular complexity index is 1470. The van der Waals surface area contributed by atoms with E-state index in [1.165, 1.54) is 0 Å². The van der Waals surface area contributed by atoms with Crippen LogP contribution in [-0.2, 0) is 21.2 Å². The summed E-state index contributed by atoms with van der Waals surface area (Å²) in [7, 11) is -3.92. The third-order valence-corrected chi connectivity index (χ3v) is 8.15. The lowest BCUT2D eigenvalue weighted by atomic mass is 10.0. The van der Waals surface area contributed by atoms with Crippen molar-refractivity contribution in [1.82, 2.24) is 15.0 Å². The van der Waals surface area contributed by atoms with Crippen LogP contribution in [0.3, 0.4) is 0 Å². The molecule has 37 heavy (non-hydrogen) atoms. The summed E-state index contributed by atoms with van der Waals surface area (Å²) in [5.74, 6) is -0.420. The molecule has 0 radical (unpaired) electrons. The maximum atomic E-state index is 13.5. The van der Waals surface area contributed by atoms with Gasteiger partial charge in [-0.3, -0.25) is 4.79 Å². The number of piperazine rings is 1. The number of carbonyl (C=O) groups is 1. The van der Waals surface area contributed by atoms with Crippen molar-refractivity contribution in [3.05, 3.63) is 90.1 Å². The number of aromatic nitrogens is 1. The molecule has 1 atom stereocenters. The predicted molar refractivity (Wildman–Crippen MR) is 147 cm³/mol. The van der Waals surface area contributed by atoms with Crippen molar-refractivity contribution in [2.45, 2.75) is 24.3 Å². The van der Waals surface area contributed by atoms with E-state index in [-0.39, 0.29) is 11.3 Å². The first-order chi connectivity index (χ1) is 17.9. The van der Waals surface area contributed by atoms with E-state index in [1.807, 2.05) is 61.7 Å². The Balaban J connectivity index is 1.38. The Morgan fingerprint density at radius 3 is 2.41 bits per heavy atom. The van der Waals surface area contributed by atoms with Crippen LogP contribution in [0.25, 0.3) is 10.9 Å². The molecule has 4 aromatic rings. The summed E-state index contributed by atoms with van der Waals surface area (Å²) in [4.78, 5) is 19.1. The highest BCUT2D eigenvalue weighted by Crippen LogP contribution is 2.22. The lowest BCUT2D eigenvalue weighted by Crippen LogP contribution is -2.45. The largest absolute Gasteiger partial charge is 0.369 e. The second-order valence-corrected chi connectivity index (χ2v) is 11.0. The number of fused-ring (bicyclic) bond motifs is 1. The highest BCUT2D eigenvalue weighted by Gasteiger charge is 2.27. The number of para-hydroxylation sites is 1. The van der Waals surface area contributed by atoms with Gasteiger partial charge in [0, 0.05) is 54.7 Å². The number of H-pyrrole nitrogens is 1. The summed E-state index contributed by atoms with van der Waals surface area (Å²) in [5, 5.41) is 7.20. The molecule has 1 fully saturated rings. The summed E-state index contributed by atoms with van der Waals surface area (Å²) in [6.45, 7) is 5.63. The molecule has 1 aliphatic rings. The smallest absolute Gasteiger partial charge is 0.242 e. The monoisotopic (exact) mass is 517 g/mol. The van der Waals surface area contributed by atoms with E-state index in [9.17, 15) is 13.2 Å². The fourth-order valence-corrected chi connectivity index (χ4v) is 5.78. The number of benzene rings is 3. The van der Waals surface area contributed by atoms with Gasteiger partial charge in [0.2, 0.25) is 15.9 Å². The molecule has 3 aromatic carbocycles. The van der Waals surface area contributed by atoms with Crippen molar-refractivity contribution in [3.8, 4) is 0 Å². The highest BCUT2D eigenvalue weighted by molar-refractivity contribution is 7.89. The van der Waals surface area contributed by atoms with E-state index in [0.717, 1.165) is 53.9 Å². The molecule has 0 spiro atoms. The SMILES string of the molecule is Cc1ccc(S(=O)(=O)N[C@@H](Cc2c[nH]c3ccccc23)C(=O)Nc2ccc(N3CCNCC3)cc2)cc1. The molecular weight excluding hydrogens is 486 g/mol. The third-order valence-electron chi connectivity index (χ3n) is 6.66. The highest BCUT2D eigenvalue weighted by atomic mass is 32.2. The van der Waals surface area contributed by atoms with E-state index in [4.69, 9.17) is 0 Å². The molecule has 1 aromatic heterocycles. The van der Waals surface area contributed by atoms with Gasteiger partial charge in [0.15, 0.2) is 0 Å². The van der Waals surface area contributed by atoms with Gasteiger partial charge in [-0.2, -0.15) is 4.72 Å². The normalized spacial score (nSPS) is 15.0. The van der Waals surface area contributed by atoms with Crippen LogP contribution in [0.2, 0.25) is 0 Å². The van der Waals surface area contributed by atoms with Crippen LogP contribution in [0.15, 0.2) is 83.9 Å². The number of rotatable bonds is 8. The topological polar surface area (TPSA) is 106 Å². The number of aromatic amines is 1. The van der Waals surface area contributed by atoms with Crippen molar-refractivity contribution in [2.24, 2.45) is 0 Å². The first-order valence-electron chi connectivity index (χ1n) is 12.4. The predicted octanol–water partition coefficient (Wildman–Crippen LogP) is 3.41. The van der Waals surface area contributed by atoms with Crippen LogP contribution in [0.5, 0.6) is 0 Å². The second kappa shape index (κ2) is 10.8. The van der Waals surface area contributed by atoms with Gasteiger partial charge in [0.25, 0.3) is 0 Å². The zero-order chi connectivity index (χ0) is 25.8. The van der Waals surface area contributed by atoms with Crippen LogP contribution in [-0.4, -0.2) is 51.5 Å². The Hall–Kier alpha value is -3.66. The van der Waals surface area contributed by atoms with Crippen LogP contribution in [0, 0.1) is 6.92 Å². The van der Waals surface area contributed by atoms with Gasteiger partial charge < -0.3 is 20.5 Å². The first-order valence-corrected chi connectivity index (χ1v) is 13.9. The van der Waals surface area contributed by atoms with Crippen molar-refractivity contribution < 1.29 is 13.2 Å². The molecule has 0 aliphatic carbocycles. The number of aryl methyl sites for hydroxylation is 1. The molecule has 2 heterocycles. The summed E-state index contributed by atoms with van der Waals surface area (Å²) in [6, 6.07) is 21.0. The number of anilines is 2. The van der Waals surface area contributed by atoms with E-state index in [0.29, 0.717) is 5.69 Å². The number of nitrogens with one attached hydrogen (secondary N) is 4. The quantitative estimate of drug-likeness (QED) is 0.287. The number of hydrogen-bond acceptors (Lipinski definition) is 5. The maximum absolute atomic E-state index is 13.5. The molecule has 192 valence electrons. The number of amides is 1. The van der Waals surface area contributed by atoms with E-state index < -0.39 is 22.0 Å². The van der Waals surface area contributed by atoms with E-state index >= 15 is 0 Å².